The molecule has 4 nitrogen and oxygen atoms in total. The zero-order chi connectivity index (χ0) is 9.14. The van der Waals surface area contributed by atoms with Crippen molar-refractivity contribution in [3.63, 3.8) is 0 Å². The molecule has 0 fully saturated rings. The molecule has 12 heavy (non-hydrogen) atoms. The molecule has 0 heterocycles. The molecule has 0 saturated heterocycles. The van der Waals surface area contributed by atoms with E-state index in [9.17, 15) is 10.1 Å². The number of nitro benzene ring substituents is 1. The Kier molecular flexibility index (Phi) is 2.26. The maximum atomic E-state index is 10.2. The Morgan fingerprint density at radius 2 is 2.25 bits per heavy atom. The normalized spacial score (nSPS) is 9.00. The summed E-state index contributed by atoms with van der Waals surface area (Å²) < 4.78 is 0. The van der Waals surface area contributed by atoms with Gasteiger partial charge in [0.25, 0.3) is 5.69 Å². The van der Waals surface area contributed by atoms with E-state index in [1.54, 1.807) is 6.07 Å². The zero-order valence-corrected chi connectivity index (χ0v) is 6.58. The highest BCUT2D eigenvalue weighted by molar-refractivity contribution is 6.31. The molecule has 0 radical (unpaired) electrons. The minimum absolute atomic E-state index is 0.103. The summed E-state index contributed by atoms with van der Waals surface area (Å²) in [7, 11) is 0. The van der Waals surface area contributed by atoms with Crippen LogP contribution in [0, 0.1) is 21.4 Å². The van der Waals surface area contributed by atoms with Crippen LogP contribution in [0.15, 0.2) is 18.2 Å². The van der Waals surface area contributed by atoms with E-state index in [1.807, 2.05) is 0 Å². The molecule has 0 aliphatic heterocycles. The molecule has 0 amide bonds. The van der Waals surface area contributed by atoms with Crippen LogP contribution in [0.3, 0.4) is 0 Å². The lowest BCUT2D eigenvalue weighted by Crippen LogP contribution is -1.88. The largest absolute Gasteiger partial charge is 0.271 e. The molecular formula is C7H3ClN2O2. The third-order valence-corrected chi connectivity index (χ3v) is 1.60. The molecular weight excluding hydrogens is 180 g/mol. The van der Waals surface area contributed by atoms with Gasteiger partial charge in [-0.05, 0) is 6.07 Å². The Hall–Kier alpha value is -1.60. The summed E-state index contributed by atoms with van der Waals surface area (Å²) in [6.07, 6.45) is 0. The second-order valence-electron chi connectivity index (χ2n) is 2.03. The van der Waals surface area contributed by atoms with Gasteiger partial charge < -0.3 is 0 Å². The van der Waals surface area contributed by atoms with Crippen molar-refractivity contribution in [2.75, 3.05) is 0 Å². The van der Waals surface area contributed by atoms with Crippen LogP contribution in [-0.4, -0.2) is 4.92 Å². The summed E-state index contributed by atoms with van der Waals surface area (Å²) in [4.78, 5) is 9.65. The second-order valence-corrected chi connectivity index (χ2v) is 2.44. The zero-order valence-electron chi connectivity index (χ0n) is 5.82. The van der Waals surface area contributed by atoms with Gasteiger partial charge in [-0.1, -0.05) is 11.6 Å². The molecule has 0 aliphatic carbocycles. The summed E-state index contributed by atoms with van der Waals surface area (Å²) in [6.45, 7) is 0. The topological polar surface area (TPSA) is 66.9 Å². The van der Waals surface area contributed by atoms with E-state index in [4.69, 9.17) is 16.9 Å². The van der Waals surface area contributed by atoms with E-state index in [-0.39, 0.29) is 16.3 Å². The van der Waals surface area contributed by atoms with Crippen molar-refractivity contribution in [2.45, 2.75) is 0 Å². The van der Waals surface area contributed by atoms with Crippen LogP contribution in [-0.2, 0) is 0 Å². The fraction of sp³-hybridized carbons (Fsp3) is 0. The van der Waals surface area contributed by atoms with Crippen LogP contribution >= 0.6 is 11.6 Å². The molecule has 0 aliphatic rings. The molecule has 1 aromatic carbocycles. The first kappa shape index (κ1) is 8.50. The van der Waals surface area contributed by atoms with Gasteiger partial charge in [-0.3, -0.25) is 10.1 Å². The molecule has 5 heteroatoms. The summed E-state index contributed by atoms with van der Waals surface area (Å²) in [5.41, 5.74) is 0.126. The molecule has 60 valence electrons. The van der Waals surface area contributed by atoms with Crippen LogP contribution in [0.1, 0.15) is 5.56 Å². The van der Waals surface area contributed by atoms with Crippen molar-refractivity contribution < 1.29 is 4.92 Å². The highest BCUT2D eigenvalue weighted by Crippen LogP contribution is 2.21. The molecule has 0 aromatic heterocycles. The number of nitriles is 1. The average Bonchev–Trinajstić information content (AvgIpc) is 2.04. The number of nitro groups is 1. The van der Waals surface area contributed by atoms with Gasteiger partial charge in [0.2, 0.25) is 0 Å². The van der Waals surface area contributed by atoms with E-state index in [0.717, 1.165) is 6.07 Å². The second kappa shape index (κ2) is 3.20. The van der Waals surface area contributed by atoms with Gasteiger partial charge in [0.15, 0.2) is 0 Å². The van der Waals surface area contributed by atoms with Crippen molar-refractivity contribution in [3.05, 3.63) is 38.9 Å². The maximum absolute atomic E-state index is 10.2. The van der Waals surface area contributed by atoms with Gasteiger partial charge in [0, 0.05) is 12.1 Å². The van der Waals surface area contributed by atoms with Gasteiger partial charge in [0.05, 0.1) is 15.5 Å². The Morgan fingerprint density at radius 3 is 2.67 bits per heavy atom. The highest BCUT2D eigenvalue weighted by atomic mass is 35.5. The molecule has 0 N–H and O–H groups in total. The first-order valence-corrected chi connectivity index (χ1v) is 3.37. The van der Waals surface area contributed by atoms with E-state index < -0.39 is 4.92 Å². The standard InChI is InChI=1S/C7H3ClN2O2/c8-7-3-6(10(11)12)2-1-5(7)4-9/h1-3H. The van der Waals surface area contributed by atoms with Crippen LogP contribution < -0.4 is 0 Å². The number of halogens is 1. The SMILES string of the molecule is N#Cc1ccc([N+](=O)[O-])cc1Cl. The van der Waals surface area contributed by atoms with Crippen molar-refractivity contribution in [1.29, 1.82) is 5.26 Å². The Balaban J connectivity index is 3.21. The van der Waals surface area contributed by atoms with Crippen molar-refractivity contribution in [3.8, 4) is 6.07 Å². The summed E-state index contributed by atoms with van der Waals surface area (Å²) >= 11 is 5.55. The van der Waals surface area contributed by atoms with Gasteiger partial charge in [-0.25, -0.2) is 0 Å². The lowest BCUT2D eigenvalue weighted by Gasteiger charge is -1.93. The highest BCUT2D eigenvalue weighted by Gasteiger charge is 2.08. The molecule has 1 aromatic rings. The van der Waals surface area contributed by atoms with Crippen molar-refractivity contribution >= 4 is 17.3 Å². The molecule has 0 saturated carbocycles. The molecule has 0 unspecified atom stereocenters. The quantitative estimate of drug-likeness (QED) is 0.494. The van der Waals surface area contributed by atoms with E-state index in [2.05, 4.69) is 0 Å². The van der Waals surface area contributed by atoms with Gasteiger partial charge in [0.1, 0.15) is 6.07 Å². The predicted molar refractivity (Wildman–Crippen MR) is 42.8 cm³/mol. The van der Waals surface area contributed by atoms with E-state index in [1.165, 1.54) is 12.1 Å². The minimum atomic E-state index is -0.562. The first-order valence-electron chi connectivity index (χ1n) is 2.99. The Morgan fingerprint density at radius 1 is 1.58 bits per heavy atom. The lowest BCUT2D eigenvalue weighted by molar-refractivity contribution is -0.384. The van der Waals surface area contributed by atoms with Gasteiger partial charge in [-0.2, -0.15) is 5.26 Å². The number of hydrogen-bond donors (Lipinski definition) is 0. The summed E-state index contributed by atoms with van der Waals surface area (Å²) in [5.74, 6) is 0. The van der Waals surface area contributed by atoms with Crippen molar-refractivity contribution in [1.82, 2.24) is 0 Å². The summed E-state index contributed by atoms with van der Waals surface area (Å²) in [6, 6.07) is 5.52. The smallest absolute Gasteiger partial charge is 0.258 e. The fourth-order valence-electron chi connectivity index (χ4n) is 0.708. The molecule has 0 bridgehead atoms. The van der Waals surface area contributed by atoms with Crippen LogP contribution in [0.4, 0.5) is 5.69 Å². The van der Waals surface area contributed by atoms with Gasteiger partial charge >= 0.3 is 0 Å². The molecule has 0 atom stereocenters. The lowest BCUT2D eigenvalue weighted by atomic mass is 10.2. The number of benzene rings is 1. The van der Waals surface area contributed by atoms with Gasteiger partial charge in [-0.15, -0.1) is 0 Å². The molecule has 0 spiro atoms. The number of nitrogens with zero attached hydrogens (tertiary/aromatic N) is 2. The van der Waals surface area contributed by atoms with E-state index in [0.29, 0.717) is 0 Å². The van der Waals surface area contributed by atoms with Crippen LogP contribution in [0.2, 0.25) is 5.02 Å². The summed E-state index contributed by atoms with van der Waals surface area (Å²) in [5, 5.41) is 18.8. The number of rotatable bonds is 1. The average molecular weight is 183 g/mol. The number of hydrogen-bond acceptors (Lipinski definition) is 3. The Labute approximate surface area is 73.1 Å². The van der Waals surface area contributed by atoms with Crippen LogP contribution in [0.25, 0.3) is 0 Å². The van der Waals surface area contributed by atoms with E-state index >= 15 is 0 Å². The predicted octanol–water partition coefficient (Wildman–Crippen LogP) is 2.12. The van der Waals surface area contributed by atoms with Crippen LogP contribution in [0.5, 0.6) is 0 Å². The number of non-ortho nitro benzene ring substituents is 1. The van der Waals surface area contributed by atoms with Crippen molar-refractivity contribution in [2.24, 2.45) is 0 Å². The first-order chi connectivity index (χ1) is 5.65. The third-order valence-electron chi connectivity index (χ3n) is 1.28. The fourth-order valence-corrected chi connectivity index (χ4v) is 0.925. The minimum Gasteiger partial charge on any atom is -0.258 e. The molecule has 1 rings (SSSR count). The third kappa shape index (κ3) is 1.52. The monoisotopic (exact) mass is 182 g/mol. The Bertz CT molecular complexity index is 370. The maximum Gasteiger partial charge on any atom is 0.271 e.